The largest absolute Gasteiger partial charge is 0.478 e. The van der Waals surface area contributed by atoms with Crippen molar-refractivity contribution < 1.29 is 14.7 Å². The molecule has 1 N–H and O–H groups in total. The fourth-order valence-corrected chi connectivity index (χ4v) is 3.03. The molecular weight excluding hydrogens is 266 g/mol. The standard InChI is InChI=1S/C17H23NO3/c1-2-5-13-6-4-10-18(11-9-13)16(19)14-7-3-8-15(12-14)17(20)21/h3,7-8,12-13H,2,4-6,9-11H2,1H3,(H,20,21). The number of carboxylic acid groups (broad SMARTS) is 1. The van der Waals surface area contributed by atoms with Crippen LogP contribution >= 0.6 is 0 Å². The Bertz CT molecular complexity index is 513. The number of amides is 1. The van der Waals surface area contributed by atoms with Crippen molar-refractivity contribution in [2.45, 2.75) is 39.0 Å². The molecule has 0 aromatic heterocycles. The minimum Gasteiger partial charge on any atom is -0.478 e. The van der Waals surface area contributed by atoms with Crippen LogP contribution in [0, 0.1) is 5.92 Å². The smallest absolute Gasteiger partial charge is 0.335 e. The van der Waals surface area contributed by atoms with Gasteiger partial charge in [0, 0.05) is 18.7 Å². The van der Waals surface area contributed by atoms with Crippen LogP contribution in [-0.4, -0.2) is 35.0 Å². The molecule has 0 bridgehead atoms. The highest BCUT2D eigenvalue weighted by atomic mass is 16.4. The average Bonchev–Trinajstić information content (AvgIpc) is 2.73. The van der Waals surface area contributed by atoms with E-state index in [1.54, 1.807) is 12.1 Å². The summed E-state index contributed by atoms with van der Waals surface area (Å²) in [5.74, 6) is -0.322. The van der Waals surface area contributed by atoms with Gasteiger partial charge in [-0.05, 0) is 43.4 Å². The molecule has 1 aromatic carbocycles. The second-order valence-electron chi connectivity index (χ2n) is 5.76. The molecule has 1 unspecified atom stereocenters. The summed E-state index contributed by atoms with van der Waals surface area (Å²) in [6.07, 6.45) is 5.70. The molecular formula is C17H23NO3. The van der Waals surface area contributed by atoms with Crippen molar-refractivity contribution in [1.29, 1.82) is 0 Å². The normalized spacial score (nSPS) is 19.1. The Kier molecular flexibility index (Phi) is 5.37. The zero-order valence-corrected chi connectivity index (χ0v) is 12.5. The number of nitrogens with zero attached hydrogens (tertiary/aromatic N) is 1. The van der Waals surface area contributed by atoms with Crippen LogP contribution in [0.5, 0.6) is 0 Å². The van der Waals surface area contributed by atoms with E-state index in [0.29, 0.717) is 5.56 Å². The topological polar surface area (TPSA) is 57.6 Å². The molecule has 1 aromatic rings. The Balaban J connectivity index is 2.06. The first-order valence-corrected chi connectivity index (χ1v) is 7.74. The van der Waals surface area contributed by atoms with E-state index in [4.69, 9.17) is 5.11 Å². The maximum absolute atomic E-state index is 12.5. The second-order valence-corrected chi connectivity index (χ2v) is 5.76. The Morgan fingerprint density at radius 3 is 2.71 bits per heavy atom. The third kappa shape index (κ3) is 4.06. The van der Waals surface area contributed by atoms with Gasteiger partial charge in [0.25, 0.3) is 5.91 Å². The lowest BCUT2D eigenvalue weighted by molar-refractivity contribution is 0.0697. The van der Waals surface area contributed by atoms with Crippen LogP contribution in [0.1, 0.15) is 59.7 Å². The van der Waals surface area contributed by atoms with Crippen molar-refractivity contribution in [3.8, 4) is 0 Å². The van der Waals surface area contributed by atoms with Gasteiger partial charge in [-0.1, -0.05) is 25.8 Å². The zero-order valence-electron chi connectivity index (χ0n) is 12.5. The van der Waals surface area contributed by atoms with Crippen LogP contribution in [0.4, 0.5) is 0 Å². The van der Waals surface area contributed by atoms with Gasteiger partial charge in [0.1, 0.15) is 0 Å². The van der Waals surface area contributed by atoms with Gasteiger partial charge in [-0.3, -0.25) is 4.79 Å². The van der Waals surface area contributed by atoms with E-state index >= 15 is 0 Å². The van der Waals surface area contributed by atoms with Gasteiger partial charge in [-0.25, -0.2) is 4.79 Å². The predicted octanol–water partition coefficient (Wildman–Crippen LogP) is 3.43. The summed E-state index contributed by atoms with van der Waals surface area (Å²) in [6.45, 7) is 3.75. The van der Waals surface area contributed by atoms with Crippen molar-refractivity contribution in [2.75, 3.05) is 13.1 Å². The Morgan fingerprint density at radius 2 is 2.00 bits per heavy atom. The molecule has 1 saturated heterocycles. The van der Waals surface area contributed by atoms with Gasteiger partial charge < -0.3 is 10.0 Å². The third-order valence-electron chi connectivity index (χ3n) is 4.19. The van der Waals surface area contributed by atoms with Gasteiger partial charge in [0.15, 0.2) is 0 Å². The SMILES string of the molecule is CCCC1CCCN(C(=O)c2cccc(C(=O)O)c2)CC1. The number of hydrogen-bond acceptors (Lipinski definition) is 2. The Hall–Kier alpha value is -1.84. The highest BCUT2D eigenvalue weighted by Crippen LogP contribution is 2.23. The molecule has 114 valence electrons. The minimum atomic E-state index is -0.997. The van der Waals surface area contributed by atoms with E-state index < -0.39 is 5.97 Å². The zero-order chi connectivity index (χ0) is 15.2. The fraction of sp³-hybridized carbons (Fsp3) is 0.529. The number of rotatable bonds is 4. The summed E-state index contributed by atoms with van der Waals surface area (Å²) in [6, 6.07) is 6.31. The van der Waals surface area contributed by atoms with Crippen molar-refractivity contribution in [3.63, 3.8) is 0 Å². The molecule has 2 rings (SSSR count). The van der Waals surface area contributed by atoms with E-state index in [2.05, 4.69) is 6.92 Å². The predicted molar refractivity (Wildman–Crippen MR) is 81.6 cm³/mol. The molecule has 4 heteroatoms. The lowest BCUT2D eigenvalue weighted by Crippen LogP contribution is -2.32. The lowest BCUT2D eigenvalue weighted by atomic mass is 9.96. The number of likely N-dealkylation sites (tertiary alicyclic amines) is 1. The Morgan fingerprint density at radius 1 is 1.24 bits per heavy atom. The number of carbonyl (C=O) groups excluding carboxylic acids is 1. The molecule has 0 radical (unpaired) electrons. The van der Waals surface area contributed by atoms with Crippen molar-refractivity contribution in [3.05, 3.63) is 35.4 Å². The molecule has 1 aliphatic heterocycles. The van der Waals surface area contributed by atoms with Crippen LogP contribution in [0.15, 0.2) is 24.3 Å². The molecule has 1 fully saturated rings. The molecule has 1 heterocycles. The summed E-state index contributed by atoms with van der Waals surface area (Å²) in [5, 5.41) is 9.02. The summed E-state index contributed by atoms with van der Waals surface area (Å²) >= 11 is 0. The fourth-order valence-electron chi connectivity index (χ4n) is 3.03. The molecule has 1 amide bonds. The van der Waals surface area contributed by atoms with Gasteiger partial charge in [-0.15, -0.1) is 0 Å². The summed E-state index contributed by atoms with van der Waals surface area (Å²) in [4.78, 5) is 25.4. The van der Waals surface area contributed by atoms with Crippen molar-refractivity contribution >= 4 is 11.9 Å². The van der Waals surface area contributed by atoms with Gasteiger partial charge in [-0.2, -0.15) is 0 Å². The van der Waals surface area contributed by atoms with E-state index in [1.807, 2.05) is 4.90 Å². The van der Waals surface area contributed by atoms with Crippen LogP contribution in [0.2, 0.25) is 0 Å². The molecule has 0 saturated carbocycles. The molecule has 1 aliphatic rings. The summed E-state index contributed by atoms with van der Waals surface area (Å²) in [7, 11) is 0. The van der Waals surface area contributed by atoms with E-state index in [1.165, 1.54) is 31.4 Å². The number of benzene rings is 1. The maximum Gasteiger partial charge on any atom is 0.335 e. The number of aromatic carboxylic acids is 1. The molecule has 0 spiro atoms. The second kappa shape index (κ2) is 7.25. The molecule has 1 atom stereocenters. The third-order valence-corrected chi connectivity index (χ3v) is 4.19. The maximum atomic E-state index is 12.5. The van der Waals surface area contributed by atoms with Crippen LogP contribution < -0.4 is 0 Å². The highest BCUT2D eigenvalue weighted by molar-refractivity contribution is 5.97. The first kappa shape index (κ1) is 15.5. The molecule has 21 heavy (non-hydrogen) atoms. The highest BCUT2D eigenvalue weighted by Gasteiger charge is 2.21. The lowest BCUT2D eigenvalue weighted by Gasteiger charge is -2.21. The number of carboxylic acids is 1. The average molecular weight is 289 g/mol. The Labute approximate surface area is 125 Å². The minimum absolute atomic E-state index is 0.0461. The summed E-state index contributed by atoms with van der Waals surface area (Å²) < 4.78 is 0. The van der Waals surface area contributed by atoms with E-state index in [-0.39, 0.29) is 11.5 Å². The van der Waals surface area contributed by atoms with Crippen molar-refractivity contribution in [2.24, 2.45) is 5.92 Å². The van der Waals surface area contributed by atoms with Crippen LogP contribution in [0.3, 0.4) is 0 Å². The van der Waals surface area contributed by atoms with Gasteiger partial charge in [0.05, 0.1) is 5.56 Å². The summed E-state index contributed by atoms with van der Waals surface area (Å²) in [5.41, 5.74) is 0.642. The van der Waals surface area contributed by atoms with Crippen LogP contribution in [0.25, 0.3) is 0 Å². The number of hydrogen-bond donors (Lipinski definition) is 1. The molecule has 4 nitrogen and oxygen atoms in total. The van der Waals surface area contributed by atoms with Gasteiger partial charge in [0.2, 0.25) is 0 Å². The van der Waals surface area contributed by atoms with E-state index in [9.17, 15) is 9.59 Å². The quantitative estimate of drug-likeness (QED) is 0.924. The molecule has 0 aliphatic carbocycles. The van der Waals surface area contributed by atoms with Crippen LogP contribution in [-0.2, 0) is 0 Å². The number of carbonyl (C=O) groups is 2. The first-order chi connectivity index (χ1) is 10.1. The monoisotopic (exact) mass is 289 g/mol. The van der Waals surface area contributed by atoms with E-state index in [0.717, 1.165) is 31.8 Å². The van der Waals surface area contributed by atoms with Crippen molar-refractivity contribution in [1.82, 2.24) is 4.90 Å². The first-order valence-electron chi connectivity index (χ1n) is 7.74. The van der Waals surface area contributed by atoms with Gasteiger partial charge >= 0.3 is 5.97 Å².